The number of carbonyl (C=O) groups is 2. The third kappa shape index (κ3) is 2.09. The van der Waals surface area contributed by atoms with Crippen molar-refractivity contribution in [3.8, 4) is 0 Å². The highest BCUT2D eigenvalue weighted by Crippen LogP contribution is 2.41. The molecule has 3 nitrogen and oxygen atoms in total. The van der Waals surface area contributed by atoms with Crippen LogP contribution in [0.2, 0.25) is 0 Å². The van der Waals surface area contributed by atoms with Crippen molar-refractivity contribution in [2.45, 2.75) is 19.3 Å². The van der Waals surface area contributed by atoms with Crippen LogP contribution in [0.5, 0.6) is 0 Å². The molecule has 1 saturated carbocycles. The zero-order valence-electron chi connectivity index (χ0n) is 10.1. The summed E-state index contributed by atoms with van der Waals surface area (Å²) in [6, 6.07) is 9.88. The fraction of sp³-hybridized carbons (Fsp3) is 0.429. The van der Waals surface area contributed by atoms with E-state index < -0.39 is 11.9 Å². The summed E-state index contributed by atoms with van der Waals surface area (Å²) in [5.74, 6) is -0.852. The highest BCUT2D eigenvalue weighted by Gasteiger charge is 2.44. The minimum atomic E-state index is -0.592. The lowest BCUT2D eigenvalue weighted by atomic mass is 9.86. The second kappa shape index (κ2) is 4.70. The Balaban J connectivity index is 2.24. The van der Waals surface area contributed by atoms with Crippen LogP contribution < -0.4 is 0 Å². The van der Waals surface area contributed by atoms with E-state index in [-0.39, 0.29) is 17.6 Å². The van der Waals surface area contributed by atoms with Crippen LogP contribution in [-0.4, -0.2) is 18.9 Å². The molecule has 17 heavy (non-hydrogen) atoms. The van der Waals surface area contributed by atoms with Gasteiger partial charge in [0.05, 0.1) is 7.11 Å². The fourth-order valence-electron chi connectivity index (χ4n) is 2.65. The molecule has 90 valence electrons. The SMILES string of the molecule is COC(=O)[C@@H]1C(=O)C[C@H](c2ccccc2)[C@H]1C. The standard InChI is InChI=1S/C14H16O3/c1-9-11(10-6-4-3-5-7-10)8-12(15)13(9)14(16)17-2/h3-7,9,11,13H,8H2,1-2H3/t9-,11+,13+/m1/s1. The van der Waals surface area contributed by atoms with Gasteiger partial charge in [0, 0.05) is 6.42 Å². The van der Waals surface area contributed by atoms with Crippen molar-refractivity contribution in [3.63, 3.8) is 0 Å². The fourth-order valence-corrected chi connectivity index (χ4v) is 2.65. The van der Waals surface area contributed by atoms with Crippen molar-refractivity contribution in [1.29, 1.82) is 0 Å². The van der Waals surface area contributed by atoms with Crippen LogP contribution in [0.1, 0.15) is 24.8 Å². The van der Waals surface area contributed by atoms with Gasteiger partial charge in [-0.2, -0.15) is 0 Å². The third-order valence-corrected chi connectivity index (χ3v) is 3.61. The van der Waals surface area contributed by atoms with Crippen LogP contribution >= 0.6 is 0 Å². The van der Waals surface area contributed by atoms with Crippen LogP contribution in [0.4, 0.5) is 0 Å². The highest BCUT2D eigenvalue weighted by atomic mass is 16.5. The van der Waals surface area contributed by atoms with Gasteiger partial charge in [-0.25, -0.2) is 0 Å². The number of hydrogen-bond acceptors (Lipinski definition) is 3. The van der Waals surface area contributed by atoms with Crippen molar-refractivity contribution in [3.05, 3.63) is 35.9 Å². The van der Waals surface area contributed by atoms with E-state index in [0.29, 0.717) is 6.42 Å². The molecule has 3 heteroatoms. The summed E-state index contributed by atoms with van der Waals surface area (Å²) in [4.78, 5) is 23.4. The van der Waals surface area contributed by atoms with E-state index in [9.17, 15) is 9.59 Å². The monoisotopic (exact) mass is 232 g/mol. The van der Waals surface area contributed by atoms with E-state index in [2.05, 4.69) is 0 Å². The Bertz CT molecular complexity index is 424. The Kier molecular flexibility index (Phi) is 3.27. The van der Waals surface area contributed by atoms with Gasteiger partial charge in [-0.1, -0.05) is 37.3 Å². The van der Waals surface area contributed by atoms with Gasteiger partial charge >= 0.3 is 5.97 Å². The van der Waals surface area contributed by atoms with Crippen LogP contribution in [0, 0.1) is 11.8 Å². The summed E-state index contributed by atoms with van der Waals surface area (Å²) in [6.07, 6.45) is 0.435. The Labute approximate surface area is 101 Å². The molecule has 0 unspecified atom stereocenters. The molecule has 0 amide bonds. The molecule has 0 saturated heterocycles. The maximum absolute atomic E-state index is 11.9. The van der Waals surface area contributed by atoms with Gasteiger partial charge in [-0.3, -0.25) is 9.59 Å². The highest BCUT2D eigenvalue weighted by molar-refractivity contribution is 6.01. The van der Waals surface area contributed by atoms with Gasteiger partial charge in [0.1, 0.15) is 11.7 Å². The summed E-state index contributed by atoms with van der Waals surface area (Å²) < 4.78 is 4.70. The lowest BCUT2D eigenvalue weighted by Gasteiger charge is -2.18. The zero-order valence-corrected chi connectivity index (χ0v) is 10.1. The van der Waals surface area contributed by atoms with Crippen molar-refractivity contribution in [2.75, 3.05) is 7.11 Å². The molecule has 1 aliphatic carbocycles. The smallest absolute Gasteiger partial charge is 0.316 e. The molecule has 1 aromatic rings. The van der Waals surface area contributed by atoms with Crippen molar-refractivity contribution in [2.24, 2.45) is 11.8 Å². The largest absolute Gasteiger partial charge is 0.468 e. The summed E-state index contributed by atoms with van der Waals surface area (Å²) in [6.45, 7) is 1.95. The number of ketones is 1. The number of hydrogen-bond donors (Lipinski definition) is 0. The quantitative estimate of drug-likeness (QED) is 0.579. The molecular formula is C14H16O3. The van der Waals surface area contributed by atoms with Crippen molar-refractivity contribution in [1.82, 2.24) is 0 Å². The molecule has 3 atom stereocenters. The number of carbonyl (C=O) groups excluding carboxylic acids is 2. The number of benzene rings is 1. The Hall–Kier alpha value is -1.64. The molecule has 0 aromatic heterocycles. The van der Waals surface area contributed by atoms with Gasteiger partial charge in [0.15, 0.2) is 0 Å². The summed E-state index contributed by atoms with van der Waals surface area (Å²) in [7, 11) is 1.33. The van der Waals surface area contributed by atoms with Crippen LogP contribution in [0.15, 0.2) is 30.3 Å². The minimum Gasteiger partial charge on any atom is -0.468 e. The second-order valence-corrected chi connectivity index (χ2v) is 4.55. The lowest BCUT2D eigenvalue weighted by molar-refractivity contribution is -0.149. The van der Waals surface area contributed by atoms with Gasteiger partial charge in [0.25, 0.3) is 0 Å². The van der Waals surface area contributed by atoms with Gasteiger partial charge in [-0.05, 0) is 17.4 Å². The molecule has 0 radical (unpaired) electrons. The van der Waals surface area contributed by atoms with E-state index in [4.69, 9.17) is 4.74 Å². The van der Waals surface area contributed by atoms with Crippen molar-refractivity contribution < 1.29 is 14.3 Å². The van der Waals surface area contributed by atoms with E-state index in [1.54, 1.807) is 0 Å². The first-order chi connectivity index (χ1) is 8.15. The van der Waals surface area contributed by atoms with Crippen LogP contribution in [0.25, 0.3) is 0 Å². The van der Waals surface area contributed by atoms with Gasteiger partial charge in [0.2, 0.25) is 0 Å². The first-order valence-corrected chi connectivity index (χ1v) is 5.80. The number of methoxy groups -OCH3 is 1. The second-order valence-electron chi connectivity index (χ2n) is 4.55. The molecule has 0 N–H and O–H groups in total. The average molecular weight is 232 g/mol. The molecule has 0 heterocycles. The van der Waals surface area contributed by atoms with Crippen LogP contribution in [-0.2, 0) is 14.3 Å². The van der Waals surface area contributed by atoms with Crippen LogP contribution in [0.3, 0.4) is 0 Å². The predicted molar refractivity (Wildman–Crippen MR) is 63.5 cm³/mol. The van der Waals surface area contributed by atoms with Gasteiger partial charge in [-0.15, -0.1) is 0 Å². The molecule has 1 aromatic carbocycles. The first-order valence-electron chi connectivity index (χ1n) is 5.80. The van der Waals surface area contributed by atoms with E-state index in [1.165, 1.54) is 7.11 Å². The van der Waals surface area contributed by atoms with Gasteiger partial charge < -0.3 is 4.74 Å². The lowest BCUT2D eigenvalue weighted by Crippen LogP contribution is -2.25. The Morgan fingerprint density at radius 2 is 1.94 bits per heavy atom. The maximum atomic E-state index is 11.9. The molecular weight excluding hydrogens is 216 g/mol. The summed E-state index contributed by atoms with van der Waals surface area (Å²) >= 11 is 0. The number of Topliss-reactive ketones (excluding diaryl/α,β-unsaturated/α-hetero) is 1. The molecule has 0 bridgehead atoms. The van der Waals surface area contributed by atoms with Crippen molar-refractivity contribution >= 4 is 11.8 Å². The third-order valence-electron chi connectivity index (χ3n) is 3.61. The number of rotatable bonds is 2. The van der Waals surface area contributed by atoms with E-state index in [1.807, 2.05) is 37.3 Å². The Morgan fingerprint density at radius 1 is 1.29 bits per heavy atom. The average Bonchev–Trinajstić information content (AvgIpc) is 2.65. The summed E-state index contributed by atoms with van der Waals surface area (Å²) in [5.41, 5.74) is 1.12. The number of esters is 1. The molecule has 0 spiro atoms. The predicted octanol–water partition coefficient (Wildman–Crippen LogP) is 2.17. The Morgan fingerprint density at radius 3 is 2.53 bits per heavy atom. The molecule has 0 aliphatic heterocycles. The number of ether oxygens (including phenoxy) is 1. The zero-order chi connectivity index (χ0) is 12.4. The summed E-state index contributed by atoms with van der Waals surface area (Å²) in [5, 5.41) is 0. The topological polar surface area (TPSA) is 43.4 Å². The molecule has 2 rings (SSSR count). The molecule has 1 fully saturated rings. The molecule has 1 aliphatic rings. The van der Waals surface area contributed by atoms with E-state index in [0.717, 1.165) is 5.56 Å². The van der Waals surface area contributed by atoms with E-state index >= 15 is 0 Å². The maximum Gasteiger partial charge on any atom is 0.316 e. The minimum absolute atomic E-state index is 0.00166. The normalized spacial score (nSPS) is 28.1. The first kappa shape index (κ1) is 11.8.